The highest BCUT2D eigenvalue weighted by molar-refractivity contribution is 6.00. The second-order valence-corrected chi connectivity index (χ2v) is 12.1. The summed E-state index contributed by atoms with van der Waals surface area (Å²) >= 11 is 0. The van der Waals surface area contributed by atoms with Gasteiger partial charge in [0.2, 0.25) is 11.8 Å². The van der Waals surface area contributed by atoms with Crippen LogP contribution in [0.1, 0.15) is 74.2 Å². The molecule has 1 aliphatic carbocycles. The van der Waals surface area contributed by atoms with Crippen LogP contribution >= 0.6 is 0 Å². The topological polar surface area (TPSA) is 129 Å². The van der Waals surface area contributed by atoms with Crippen molar-refractivity contribution in [3.8, 4) is 17.2 Å². The molecule has 232 valence electrons. The van der Waals surface area contributed by atoms with Gasteiger partial charge in [0.25, 0.3) is 0 Å². The van der Waals surface area contributed by atoms with Gasteiger partial charge in [-0.1, -0.05) is 38.3 Å². The van der Waals surface area contributed by atoms with Gasteiger partial charge in [0.1, 0.15) is 34.4 Å². The Morgan fingerprint density at radius 2 is 1.74 bits per heavy atom. The highest BCUT2D eigenvalue weighted by Crippen LogP contribution is 2.37. The lowest BCUT2D eigenvalue weighted by atomic mass is 9.80. The van der Waals surface area contributed by atoms with Gasteiger partial charge >= 0.3 is 5.97 Å². The number of aromatic carboxylic acids is 1. The maximum absolute atomic E-state index is 13.8. The van der Waals surface area contributed by atoms with Crippen LogP contribution in [-0.4, -0.2) is 82.2 Å². The summed E-state index contributed by atoms with van der Waals surface area (Å²) in [6.07, 6.45) is 5.93. The molecule has 10 heteroatoms. The third kappa shape index (κ3) is 6.50. The van der Waals surface area contributed by atoms with E-state index < -0.39 is 23.7 Å². The highest BCUT2D eigenvalue weighted by Gasteiger charge is 2.55. The fourth-order valence-electron chi connectivity index (χ4n) is 6.83. The van der Waals surface area contributed by atoms with Gasteiger partial charge in [-0.25, -0.2) is 4.79 Å². The number of hydrogen-bond donors (Lipinski definition) is 3. The molecule has 3 aliphatic rings. The summed E-state index contributed by atoms with van der Waals surface area (Å²) in [5.41, 5.74) is 0.288. The third-order valence-corrected chi connectivity index (χ3v) is 9.37. The summed E-state index contributed by atoms with van der Waals surface area (Å²) in [6.45, 7) is 4.66. The Kier molecular flexibility index (Phi) is 9.56. The van der Waals surface area contributed by atoms with Crippen LogP contribution in [0.4, 0.5) is 0 Å². The molecule has 2 aliphatic heterocycles. The fraction of sp³-hybridized carbons (Fsp3) is 0.545. The van der Waals surface area contributed by atoms with E-state index in [1.807, 2.05) is 24.3 Å². The number of nitrogens with one attached hydrogen (secondary N) is 1. The summed E-state index contributed by atoms with van der Waals surface area (Å²) in [5, 5.41) is 23.3. The first-order chi connectivity index (χ1) is 20.8. The Hall–Kier alpha value is -3.63. The lowest BCUT2D eigenvalue weighted by Gasteiger charge is -2.52. The first kappa shape index (κ1) is 30.8. The van der Waals surface area contributed by atoms with Crippen LogP contribution < -0.4 is 14.8 Å². The van der Waals surface area contributed by atoms with Crippen molar-refractivity contribution in [2.45, 2.75) is 82.5 Å². The molecule has 2 aromatic rings. The summed E-state index contributed by atoms with van der Waals surface area (Å²) in [7, 11) is 1.42. The van der Waals surface area contributed by atoms with E-state index in [0.717, 1.165) is 44.1 Å². The first-order valence-electron chi connectivity index (χ1n) is 15.5. The van der Waals surface area contributed by atoms with Gasteiger partial charge in [-0.15, -0.1) is 0 Å². The van der Waals surface area contributed by atoms with E-state index in [4.69, 9.17) is 9.47 Å². The summed E-state index contributed by atoms with van der Waals surface area (Å²) in [4.78, 5) is 42.9. The second-order valence-electron chi connectivity index (χ2n) is 12.1. The zero-order chi connectivity index (χ0) is 30.6. The number of unbranched alkanes of at least 4 members (excludes halogenated alkanes) is 1. The zero-order valence-electron chi connectivity index (χ0n) is 25.1. The summed E-state index contributed by atoms with van der Waals surface area (Å²) in [6, 6.07) is 11.5. The van der Waals surface area contributed by atoms with Crippen LogP contribution in [0.2, 0.25) is 0 Å². The number of methoxy groups -OCH3 is 1. The number of carbonyl (C=O) groups is 3. The summed E-state index contributed by atoms with van der Waals surface area (Å²) < 4.78 is 11.1. The van der Waals surface area contributed by atoms with Crippen molar-refractivity contribution in [2.24, 2.45) is 5.92 Å². The average Bonchev–Trinajstić information content (AvgIpc) is 3.56. The first-order valence-corrected chi connectivity index (χ1v) is 15.5. The van der Waals surface area contributed by atoms with Gasteiger partial charge in [0.05, 0.1) is 13.2 Å². The van der Waals surface area contributed by atoms with Crippen molar-refractivity contribution in [1.29, 1.82) is 0 Å². The quantitative estimate of drug-likeness (QED) is 0.354. The van der Waals surface area contributed by atoms with Crippen molar-refractivity contribution in [2.75, 3.05) is 26.7 Å². The van der Waals surface area contributed by atoms with Crippen LogP contribution in [0.25, 0.3) is 0 Å². The molecule has 2 saturated heterocycles. The molecular formula is C33H43N3O7. The molecule has 43 heavy (non-hydrogen) atoms. The number of benzene rings is 2. The molecule has 0 unspecified atom stereocenters. The van der Waals surface area contributed by atoms with E-state index in [1.54, 1.807) is 17.0 Å². The van der Waals surface area contributed by atoms with E-state index >= 15 is 0 Å². The predicted octanol–water partition coefficient (Wildman–Crippen LogP) is 4.20. The molecule has 2 atom stereocenters. The molecule has 0 aromatic heterocycles. The van der Waals surface area contributed by atoms with Crippen LogP contribution in [0, 0.1) is 5.92 Å². The monoisotopic (exact) mass is 593 g/mol. The van der Waals surface area contributed by atoms with E-state index in [0.29, 0.717) is 50.5 Å². The van der Waals surface area contributed by atoms with Gasteiger partial charge in [-0.05, 0) is 67.9 Å². The smallest absolute Gasteiger partial charge is 0.339 e. The normalized spacial score (nSPS) is 21.6. The maximum atomic E-state index is 13.8. The van der Waals surface area contributed by atoms with Gasteiger partial charge < -0.3 is 29.9 Å². The number of carboxylic acids is 1. The molecule has 0 bridgehead atoms. The molecule has 10 nitrogen and oxygen atoms in total. The number of piperidine rings is 1. The SMILES string of the molecule is CCCCN1C(=O)[C@@H]([C@H](O)C2CCCC2)NC(=O)C12CCN(Cc1ccc(Oc3ccc(C(=O)O)c(OC)c3)cc1)CC2. The van der Waals surface area contributed by atoms with Gasteiger partial charge in [-0.3, -0.25) is 14.5 Å². The number of carboxylic acid groups (broad SMARTS) is 1. The van der Waals surface area contributed by atoms with Crippen LogP contribution in [0.15, 0.2) is 42.5 Å². The molecule has 1 spiro atoms. The molecule has 3 fully saturated rings. The van der Waals surface area contributed by atoms with Gasteiger partial charge in [0, 0.05) is 32.2 Å². The van der Waals surface area contributed by atoms with Crippen molar-refractivity contribution >= 4 is 17.8 Å². The highest BCUT2D eigenvalue weighted by atomic mass is 16.5. The zero-order valence-corrected chi connectivity index (χ0v) is 25.1. The van der Waals surface area contributed by atoms with E-state index in [1.165, 1.54) is 13.2 Å². The van der Waals surface area contributed by atoms with E-state index in [2.05, 4.69) is 17.1 Å². The van der Waals surface area contributed by atoms with E-state index in [9.17, 15) is 24.6 Å². The fourth-order valence-corrected chi connectivity index (χ4v) is 6.83. The number of piperazine rings is 1. The predicted molar refractivity (Wildman–Crippen MR) is 160 cm³/mol. The molecule has 2 aromatic carbocycles. The van der Waals surface area contributed by atoms with Crippen molar-refractivity contribution in [3.05, 3.63) is 53.6 Å². The van der Waals surface area contributed by atoms with Gasteiger partial charge in [-0.2, -0.15) is 0 Å². The van der Waals surface area contributed by atoms with Crippen LogP contribution in [-0.2, 0) is 16.1 Å². The average molecular weight is 594 g/mol. The van der Waals surface area contributed by atoms with Crippen molar-refractivity contribution < 1.29 is 34.1 Å². The number of ether oxygens (including phenoxy) is 2. The van der Waals surface area contributed by atoms with Crippen LogP contribution in [0.3, 0.4) is 0 Å². The lowest BCUT2D eigenvalue weighted by Crippen LogP contribution is -2.75. The Morgan fingerprint density at radius 1 is 1.07 bits per heavy atom. The molecule has 5 rings (SSSR count). The minimum absolute atomic E-state index is 0.0651. The third-order valence-electron chi connectivity index (χ3n) is 9.37. The number of carbonyl (C=O) groups excluding carboxylic acids is 2. The summed E-state index contributed by atoms with van der Waals surface area (Å²) in [5.74, 6) is 0.0581. The molecular weight excluding hydrogens is 550 g/mol. The van der Waals surface area contributed by atoms with E-state index in [-0.39, 0.29) is 29.0 Å². The minimum Gasteiger partial charge on any atom is -0.496 e. The molecule has 0 radical (unpaired) electrons. The number of aliphatic hydroxyl groups excluding tert-OH is 1. The molecule has 2 heterocycles. The number of likely N-dealkylation sites (tertiary alicyclic amines) is 1. The maximum Gasteiger partial charge on any atom is 0.339 e. The number of hydrogen-bond acceptors (Lipinski definition) is 7. The largest absolute Gasteiger partial charge is 0.496 e. The van der Waals surface area contributed by atoms with Crippen LogP contribution in [0.5, 0.6) is 17.2 Å². The molecule has 3 N–H and O–H groups in total. The molecule has 2 amide bonds. The van der Waals surface area contributed by atoms with Gasteiger partial charge in [0.15, 0.2) is 0 Å². The molecule has 1 saturated carbocycles. The number of rotatable bonds is 11. The standard InChI is InChI=1S/C33H43N3O7/c1-3-4-17-36-30(38)28(29(37)23-7-5-6-8-23)34-32(41)33(36)15-18-35(19-16-33)21-22-9-11-24(12-10-22)43-25-13-14-26(31(39)40)27(20-25)42-2/h9-14,20,23,28-29,37H,3-8,15-19,21H2,1-2H3,(H,34,41)(H,39,40)/t28-,29-/m1/s1. The lowest BCUT2D eigenvalue weighted by molar-refractivity contribution is -0.165. The number of aliphatic hydroxyl groups is 1. The Morgan fingerprint density at radius 3 is 2.37 bits per heavy atom. The van der Waals surface area contributed by atoms with Crippen molar-refractivity contribution in [3.63, 3.8) is 0 Å². The second kappa shape index (κ2) is 13.3. The number of amides is 2. The minimum atomic E-state index is -1.07. The Balaban J connectivity index is 1.21. The number of nitrogens with zero attached hydrogens (tertiary/aromatic N) is 2. The Bertz CT molecular complexity index is 1300. The van der Waals surface area contributed by atoms with Crippen molar-refractivity contribution in [1.82, 2.24) is 15.1 Å². The Labute approximate surface area is 253 Å².